The van der Waals surface area contributed by atoms with Crippen LogP contribution in [0.3, 0.4) is 0 Å². The Morgan fingerprint density at radius 3 is 2.97 bits per heavy atom. The minimum Gasteiger partial charge on any atom is -0.464 e. The smallest absolute Gasteiger partial charge is 0.257 e. The molecular formula is C23H22N4O4. The van der Waals surface area contributed by atoms with Gasteiger partial charge in [0.1, 0.15) is 5.58 Å². The van der Waals surface area contributed by atoms with E-state index in [1.54, 1.807) is 23.6 Å². The lowest BCUT2D eigenvalue weighted by molar-refractivity contribution is -0.139. The number of carbonyl (C=O) groups is 1. The van der Waals surface area contributed by atoms with Crippen LogP contribution in [0.15, 0.2) is 51.9 Å². The highest BCUT2D eigenvalue weighted by Gasteiger charge is 2.30. The number of hydrogen-bond acceptors (Lipinski definition) is 7. The van der Waals surface area contributed by atoms with Crippen molar-refractivity contribution >= 4 is 16.9 Å². The van der Waals surface area contributed by atoms with Gasteiger partial charge in [-0.3, -0.25) is 9.78 Å². The predicted molar refractivity (Wildman–Crippen MR) is 112 cm³/mol. The van der Waals surface area contributed by atoms with Crippen LogP contribution in [0.1, 0.15) is 28.7 Å². The Morgan fingerprint density at radius 1 is 1.26 bits per heavy atom. The molecule has 0 aliphatic carbocycles. The molecule has 1 fully saturated rings. The lowest BCUT2D eigenvalue weighted by Crippen LogP contribution is -2.43. The second kappa shape index (κ2) is 7.96. The molecule has 4 heterocycles. The largest absolute Gasteiger partial charge is 0.464 e. The van der Waals surface area contributed by atoms with E-state index in [2.05, 4.69) is 28.1 Å². The summed E-state index contributed by atoms with van der Waals surface area (Å²) in [5.41, 5.74) is 4.80. The zero-order chi connectivity index (χ0) is 21.4. The number of furan rings is 1. The van der Waals surface area contributed by atoms with Gasteiger partial charge in [-0.15, -0.1) is 0 Å². The average Bonchev–Trinajstić information content (AvgIpc) is 3.43. The van der Waals surface area contributed by atoms with E-state index in [1.807, 2.05) is 25.1 Å². The summed E-state index contributed by atoms with van der Waals surface area (Å²) in [6.07, 6.45) is 4.85. The summed E-state index contributed by atoms with van der Waals surface area (Å²) in [4.78, 5) is 23.3. The molecule has 1 atom stereocenters. The van der Waals surface area contributed by atoms with Gasteiger partial charge in [-0.05, 0) is 49.2 Å². The van der Waals surface area contributed by atoms with Crippen molar-refractivity contribution in [3.8, 4) is 11.4 Å². The molecule has 3 aromatic heterocycles. The number of benzene rings is 1. The molecule has 0 radical (unpaired) electrons. The highest BCUT2D eigenvalue weighted by atomic mass is 16.5. The maximum absolute atomic E-state index is 13.0. The molecule has 0 spiro atoms. The molecule has 1 saturated heterocycles. The van der Waals surface area contributed by atoms with Crippen molar-refractivity contribution in [2.75, 3.05) is 19.7 Å². The summed E-state index contributed by atoms with van der Waals surface area (Å²) >= 11 is 0. The zero-order valence-corrected chi connectivity index (χ0v) is 17.4. The fraction of sp³-hybridized carbons (Fsp3) is 0.304. The molecule has 1 aliphatic rings. The fourth-order valence-electron chi connectivity index (χ4n) is 3.75. The number of pyridine rings is 1. The first-order valence-electron chi connectivity index (χ1n) is 10.2. The van der Waals surface area contributed by atoms with Gasteiger partial charge < -0.3 is 18.6 Å². The molecule has 1 amide bonds. The summed E-state index contributed by atoms with van der Waals surface area (Å²) in [5.74, 6) is 0.822. The first-order valence-corrected chi connectivity index (χ1v) is 10.2. The van der Waals surface area contributed by atoms with Crippen LogP contribution in [-0.2, 0) is 16.0 Å². The first-order chi connectivity index (χ1) is 15.1. The minimum absolute atomic E-state index is 0.0150. The summed E-state index contributed by atoms with van der Waals surface area (Å²) in [5, 5.41) is 5.01. The van der Waals surface area contributed by atoms with E-state index in [9.17, 15) is 4.79 Å². The lowest BCUT2D eigenvalue weighted by Gasteiger charge is -2.31. The van der Waals surface area contributed by atoms with Gasteiger partial charge in [-0.2, -0.15) is 4.98 Å². The Labute approximate surface area is 178 Å². The monoisotopic (exact) mass is 418 g/mol. The minimum atomic E-state index is -0.457. The summed E-state index contributed by atoms with van der Waals surface area (Å²) < 4.78 is 16.9. The molecule has 0 bridgehead atoms. The Bertz CT molecular complexity index is 1230. The van der Waals surface area contributed by atoms with Crippen molar-refractivity contribution in [2.24, 2.45) is 0 Å². The normalized spacial score (nSPS) is 16.7. The molecule has 0 saturated carbocycles. The number of hydrogen-bond donors (Lipinski definition) is 0. The molecule has 158 valence electrons. The highest BCUT2D eigenvalue weighted by Crippen LogP contribution is 2.27. The van der Waals surface area contributed by atoms with Crippen LogP contribution >= 0.6 is 0 Å². The van der Waals surface area contributed by atoms with Crippen molar-refractivity contribution in [1.29, 1.82) is 0 Å². The Morgan fingerprint density at radius 2 is 2.13 bits per heavy atom. The summed E-state index contributed by atoms with van der Waals surface area (Å²) in [7, 11) is 0. The number of aryl methyl sites for hydroxylation is 2. The quantitative estimate of drug-likeness (QED) is 0.499. The number of fused-ring (bicyclic) bond motifs is 1. The van der Waals surface area contributed by atoms with Crippen molar-refractivity contribution in [2.45, 2.75) is 26.4 Å². The third-order valence-corrected chi connectivity index (χ3v) is 5.67. The predicted octanol–water partition coefficient (Wildman–Crippen LogP) is 3.64. The summed E-state index contributed by atoms with van der Waals surface area (Å²) in [6, 6.07) is 7.76. The van der Waals surface area contributed by atoms with E-state index in [0.29, 0.717) is 31.4 Å². The van der Waals surface area contributed by atoms with Crippen LogP contribution in [0.4, 0.5) is 0 Å². The first kappa shape index (κ1) is 19.4. The number of rotatable bonds is 4. The molecular weight excluding hydrogens is 396 g/mol. The van der Waals surface area contributed by atoms with Crippen LogP contribution in [0.5, 0.6) is 0 Å². The SMILES string of the molecule is Cc1cc2occ(CC(=O)N3CCOC(c4nc(-c5cccnc5)no4)C3)c2cc1C. The van der Waals surface area contributed by atoms with Crippen LogP contribution in [-0.4, -0.2) is 45.6 Å². The Balaban J connectivity index is 1.30. The summed E-state index contributed by atoms with van der Waals surface area (Å²) in [6.45, 7) is 5.40. The van der Waals surface area contributed by atoms with Crippen molar-refractivity contribution in [3.63, 3.8) is 0 Å². The van der Waals surface area contributed by atoms with Gasteiger partial charge in [0.25, 0.3) is 5.89 Å². The van der Waals surface area contributed by atoms with Crippen molar-refractivity contribution in [3.05, 3.63) is 65.5 Å². The highest BCUT2D eigenvalue weighted by molar-refractivity contribution is 5.88. The zero-order valence-electron chi connectivity index (χ0n) is 17.4. The van der Waals surface area contributed by atoms with Crippen LogP contribution in [0.25, 0.3) is 22.4 Å². The molecule has 1 unspecified atom stereocenters. The van der Waals surface area contributed by atoms with Crippen LogP contribution in [0.2, 0.25) is 0 Å². The molecule has 5 rings (SSSR count). The Hall–Kier alpha value is -3.52. The molecule has 8 nitrogen and oxygen atoms in total. The van der Waals surface area contributed by atoms with Gasteiger partial charge in [0.05, 0.1) is 25.8 Å². The van der Waals surface area contributed by atoms with Crippen LogP contribution < -0.4 is 0 Å². The molecule has 1 aliphatic heterocycles. The average molecular weight is 418 g/mol. The molecule has 1 aromatic carbocycles. The van der Waals surface area contributed by atoms with E-state index in [0.717, 1.165) is 22.1 Å². The maximum atomic E-state index is 13.0. The van der Waals surface area contributed by atoms with E-state index >= 15 is 0 Å². The van der Waals surface area contributed by atoms with Crippen LogP contribution in [0, 0.1) is 13.8 Å². The Kier molecular flexibility index (Phi) is 4.99. The number of aromatic nitrogens is 3. The van der Waals surface area contributed by atoms with Crippen molar-refractivity contribution in [1.82, 2.24) is 20.0 Å². The fourth-order valence-corrected chi connectivity index (χ4v) is 3.75. The van der Waals surface area contributed by atoms with E-state index in [1.165, 1.54) is 11.1 Å². The standard InChI is InChI=1S/C23H22N4O4/c1-14-8-18-17(13-30-19(18)9-15(14)2)10-21(28)27-6-7-29-20(12-27)23-25-22(26-31-23)16-4-3-5-24-11-16/h3-5,8-9,11,13,20H,6-7,10,12H2,1-2H3. The van der Waals surface area contributed by atoms with Gasteiger partial charge in [0.15, 0.2) is 6.10 Å². The van der Waals surface area contributed by atoms with E-state index < -0.39 is 6.10 Å². The number of carbonyl (C=O) groups excluding carboxylic acids is 1. The third kappa shape index (κ3) is 3.82. The lowest BCUT2D eigenvalue weighted by atomic mass is 10.0. The maximum Gasteiger partial charge on any atom is 0.257 e. The van der Waals surface area contributed by atoms with Gasteiger partial charge in [-0.25, -0.2) is 0 Å². The molecule has 0 N–H and O–H groups in total. The van der Waals surface area contributed by atoms with E-state index in [4.69, 9.17) is 13.7 Å². The second-order valence-electron chi connectivity index (χ2n) is 7.77. The third-order valence-electron chi connectivity index (χ3n) is 5.67. The number of amides is 1. The second-order valence-corrected chi connectivity index (χ2v) is 7.77. The topological polar surface area (TPSA) is 94.5 Å². The van der Waals surface area contributed by atoms with E-state index in [-0.39, 0.29) is 12.3 Å². The molecule has 8 heteroatoms. The van der Waals surface area contributed by atoms with Gasteiger partial charge in [0, 0.05) is 35.5 Å². The molecule has 31 heavy (non-hydrogen) atoms. The number of morpholine rings is 1. The van der Waals surface area contributed by atoms with Gasteiger partial charge in [-0.1, -0.05) is 5.16 Å². The van der Waals surface area contributed by atoms with Crippen molar-refractivity contribution < 1.29 is 18.5 Å². The molecule has 4 aromatic rings. The van der Waals surface area contributed by atoms with Gasteiger partial charge >= 0.3 is 0 Å². The number of nitrogens with zero attached hydrogens (tertiary/aromatic N) is 4. The van der Waals surface area contributed by atoms with Gasteiger partial charge in [0.2, 0.25) is 11.7 Å². The number of ether oxygens (including phenoxy) is 1.